The van der Waals surface area contributed by atoms with Gasteiger partial charge in [0.2, 0.25) is 5.91 Å². The predicted molar refractivity (Wildman–Crippen MR) is 58.1 cm³/mol. The first-order chi connectivity index (χ1) is 6.46. The van der Waals surface area contributed by atoms with Gasteiger partial charge in [0.25, 0.3) is 0 Å². The number of rotatable bonds is 2. The molecular weight excluding hydrogens is 176 g/mol. The lowest BCUT2D eigenvalue weighted by Crippen LogP contribution is -2.49. The highest BCUT2D eigenvalue weighted by Gasteiger charge is 2.30. The highest BCUT2D eigenvalue weighted by molar-refractivity contribution is 5.81. The van der Waals surface area contributed by atoms with Gasteiger partial charge < -0.3 is 10.2 Å². The number of nitrogens with zero attached hydrogens (tertiary/aromatic N) is 1. The Labute approximate surface area is 86.9 Å². The molecule has 1 fully saturated rings. The van der Waals surface area contributed by atoms with E-state index in [2.05, 4.69) is 19.2 Å². The van der Waals surface area contributed by atoms with Gasteiger partial charge in [-0.15, -0.1) is 0 Å². The average molecular weight is 198 g/mol. The molecule has 1 amide bonds. The van der Waals surface area contributed by atoms with Gasteiger partial charge in [0.1, 0.15) is 0 Å². The second kappa shape index (κ2) is 4.30. The van der Waals surface area contributed by atoms with Crippen LogP contribution < -0.4 is 5.32 Å². The summed E-state index contributed by atoms with van der Waals surface area (Å²) in [4.78, 5) is 13.9. The molecule has 3 heteroatoms. The van der Waals surface area contributed by atoms with Crippen LogP contribution in [0.25, 0.3) is 0 Å². The van der Waals surface area contributed by atoms with Crippen LogP contribution in [0.2, 0.25) is 0 Å². The van der Waals surface area contributed by atoms with Crippen LogP contribution in [0.15, 0.2) is 0 Å². The van der Waals surface area contributed by atoms with Gasteiger partial charge in [0.05, 0.1) is 6.04 Å². The molecule has 0 aliphatic carbocycles. The molecule has 0 saturated carbocycles. The van der Waals surface area contributed by atoms with E-state index in [0.717, 1.165) is 19.5 Å². The number of piperidine rings is 1. The Morgan fingerprint density at radius 1 is 1.50 bits per heavy atom. The molecule has 0 radical (unpaired) electrons. The molecule has 1 atom stereocenters. The van der Waals surface area contributed by atoms with Crippen molar-refractivity contribution < 1.29 is 4.79 Å². The summed E-state index contributed by atoms with van der Waals surface area (Å²) in [7, 11) is 1.83. The third kappa shape index (κ3) is 2.71. The quantitative estimate of drug-likeness (QED) is 0.724. The third-order valence-electron chi connectivity index (χ3n) is 3.02. The summed E-state index contributed by atoms with van der Waals surface area (Å²) < 4.78 is 0. The van der Waals surface area contributed by atoms with Crippen LogP contribution in [0.4, 0.5) is 0 Å². The number of likely N-dealkylation sites (tertiary alicyclic amines) is 1. The second-order valence-corrected chi connectivity index (χ2v) is 5.04. The van der Waals surface area contributed by atoms with Gasteiger partial charge in [-0.05, 0) is 32.2 Å². The topological polar surface area (TPSA) is 32.3 Å². The number of nitrogens with one attached hydrogen (secondary N) is 1. The predicted octanol–water partition coefficient (Wildman–Crippen LogP) is 1.24. The Balaban J connectivity index is 2.56. The fourth-order valence-electron chi connectivity index (χ4n) is 2.01. The standard InChI is InChI=1S/C11H22N2O/c1-9(12-4)10(14)13-7-5-6-11(2,3)8-13/h9,12H,5-8H2,1-4H3/t9-/m0/s1. The SMILES string of the molecule is CN[C@@H](C)C(=O)N1CCCC(C)(C)C1. The monoisotopic (exact) mass is 198 g/mol. The van der Waals surface area contributed by atoms with Crippen molar-refractivity contribution in [2.45, 2.75) is 39.7 Å². The molecule has 1 N–H and O–H groups in total. The smallest absolute Gasteiger partial charge is 0.239 e. The first-order valence-electron chi connectivity index (χ1n) is 5.42. The van der Waals surface area contributed by atoms with Gasteiger partial charge in [0.15, 0.2) is 0 Å². The van der Waals surface area contributed by atoms with Crippen molar-refractivity contribution in [2.24, 2.45) is 5.41 Å². The third-order valence-corrected chi connectivity index (χ3v) is 3.02. The van der Waals surface area contributed by atoms with Crippen LogP contribution in [-0.2, 0) is 4.79 Å². The molecule has 1 heterocycles. The highest BCUT2D eigenvalue weighted by atomic mass is 16.2. The molecule has 0 spiro atoms. The molecule has 0 unspecified atom stereocenters. The van der Waals surface area contributed by atoms with E-state index >= 15 is 0 Å². The van der Waals surface area contributed by atoms with E-state index in [0.29, 0.717) is 5.41 Å². The summed E-state index contributed by atoms with van der Waals surface area (Å²) in [5, 5.41) is 3.00. The van der Waals surface area contributed by atoms with E-state index in [1.807, 2.05) is 18.9 Å². The first kappa shape index (κ1) is 11.5. The van der Waals surface area contributed by atoms with E-state index in [9.17, 15) is 4.79 Å². The van der Waals surface area contributed by atoms with E-state index in [-0.39, 0.29) is 11.9 Å². The van der Waals surface area contributed by atoms with E-state index in [1.54, 1.807) is 0 Å². The minimum absolute atomic E-state index is 0.0519. The van der Waals surface area contributed by atoms with E-state index in [4.69, 9.17) is 0 Å². The highest BCUT2D eigenvalue weighted by Crippen LogP contribution is 2.28. The summed E-state index contributed by atoms with van der Waals surface area (Å²) >= 11 is 0. The Bertz CT molecular complexity index is 213. The molecule has 14 heavy (non-hydrogen) atoms. The molecular formula is C11H22N2O. The number of hydrogen-bond acceptors (Lipinski definition) is 2. The van der Waals surface area contributed by atoms with Gasteiger partial charge in [-0.1, -0.05) is 13.8 Å². The summed E-state index contributed by atoms with van der Waals surface area (Å²) in [5.41, 5.74) is 0.293. The summed E-state index contributed by atoms with van der Waals surface area (Å²) in [5.74, 6) is 0.236. The molecule has 3 nitrogen and oxygen atoms in total. The van der Waals surface area contributed by atoms with E-state index < -0.39 is 0 Å². The van der Waals surface area contributed by atoms with Crippen LogP contribution in [0.3, 0.4) is 0 Å². The average Bonchev–Trinajstić information content (AvgIpc) is 2.14. The number of amides is 1. The van der Waals surface area contributed by atoms with Crippen molar-refractivity contribution in [1.82, 2.24) is 10.2 Å². The van der Waals surface area contributed by atoms with Gasteiger partial charge in [-0.3, -0.25) is 4.79 Å². The normalized spacial score (nSPS) is 23.3. The van der Waals surface area contributed by atoms with Crippen LogP contribution in [0.1, 0.15) is 33.6 Å². The fraction of sp³-hybridized carbons (Fsp3) is 0.909. The van der Waals surface area contributed by atoms with Crippen molar-refractivity contribution in [3.8, 4) is 0 Å². The maximum atomic E-state index is 11.9. The Morgan fingerprint density at radius 2 is 2.14 bits per heavy atom. The van der Waals surface area contributed by atoms with Crippen molar-refractivity contribution in [3.63, 3.8) is 0 Å². The number of hydrogen-bond donors (Lipinski definition) is 1. The molecule has 0 aromatic carbocycles. The Hall–Kier alpha value is -0.570. The van der Waals surface area contributed by atoms with Crippen LogP contribution in [-0.4, -0.2) is 37.0 Å². The Kier molecular flexibility index (Phi) is 3.53. The lowest BCUT2D eigenvalue weighted by molar-refractivity contribution is -0.135. The molecule has 82 valence electrons. The molecule has 1 saturated heterocycles. The van der Waals surface area contributed by atoms with Gasteiger partial charge in [0, 0.05) is 13.1 Å². The van der Waals surface area contributed by atoms with Gasteiger partial charge in [-0.25, -0.2) is 0 Å². The molecule has 1 rings (SSSR count). The van der Waals surface area contributed by atoms with E-state index in [1.165, 1.54) is 6.42 Å². The van der Waals surface area contributed by atoms with Crippen molar-refractivity contribution in [2.75, 3.05) is 20.1 Å². The molecule has 0 aromatic heterocycles. The number of carbonyl (C=O) groups excluding carboxylic acids is 1. The fourth-order valence-corrected chi connectivity index (χ4v) is 2.01. The van der Waals surface area contributed by atoms with Crippen molar-refractivity contribution >= 4 is 5.91 Å². The van der Waals surface area contributed by atoms with Crippen LogP contribution >= 0.6 is 0 Å². The van der Waals surface area contributed by atoms with Gasteiger partial charge >= 0.3 is 0 Å². The summed E-state index contributed by atoms with van der Waals surface area (Å²) in [6.07, 6.45) is 2.36. The largest absolute Gasteiger partial charge is 0.341 e. The first-order valence-corrected chi connectivity index (χ1v) is 5.42. The zero-order valence-electron chi connectivity index (χ0n) is 9.76. The molecule has 1 aliphatic heterocycles. The maximum absolute atomic E-state index is 11.9. The molecule has 1 aliphatic rings. The molecule has 0 bridgehead atoms. The number of likely N-dealkylation sites (N-methyl/N-ethyl adjacent to an activating group) is 1. The molecule has 0 aromatic rings. The minimum Gasteiger partial charge on any atom is -0.341 e. The number of carbonyl (C=O) groups is 1. The minimum atomic E-state index is -0.0519. The van der Waals surface area contributed by atoms with Crippen LogP contribution in [0.5, 0.6) is 0 Å². The van der Waals surface area contributed by atoms with Crippen molar-refractivity contribution in [1.29, 1.82) is 0 Å². The van der Waals surface area contributed by atoms with Crippen molar-refractivity contribution in [3.05, 3.63) is 0 Å². The second-order valence-electron chi connectivity index (χ2n) is 5.04. The van der Waals surface area contributed by atoms with Crippen LogP contribution in [0, 0.1) is 5.41 Å². The lowest BCUT2D eigenvalue weighted by Gasteiger charge is -2.39. The van der Waals surface area contributed by atoms with Gasteiger partial charge in [-0.2, -0.15) is 0 Å². The summed E-state index contributed by atoms with van der Waals surface area (Å²) in [6, 6.07) is -0.0519. The zero-order valence-corrected chi connectivity index (χ0v) is 9.76. The summed E-state index contributed by atoms with van der Waals surface area (Å²) in [6.45, 7) is 8.21. The Morgan fingerprint density at radius 3 is 2.64 bits per heavy atom. The zero-order chi connectivity index (χ0) is 10.8. The maximum Gasteiger partial charge on any atom is 0.239 e. The lowest BCUT2D eigenvalue weighted by atomic mass is 9.84.